The lowest BCUT2D eigenvalue weighted by atomic mass is 9.47. The zero-order valence-electron chi connectivity index (χ0n) is 18.0. The highest BCUT2D eigenvalue weighted by Crippen LogP contribution is 2.66. The molecule has 0 bridgehead atoms. The number of hydrogen-bond donors (Lipinski definition) is 1. The summed E-state index contributed by atoms with van der Waals surface area (Å²) < 4.78 is 2.37. The third-order valence-electron chi connectivity index (χ3n) is 9.36. The minimum Gasteiger partial charge on any atom is -0.411 e. The van der Waals surface area contributed by atoms with E-state index in [0.29, 0.717) is 0 Å². The summed E-state index contributed by atoms with van der Waals surface area (Å²) in [6.07, 6.45) is 15.0. The van der Waals surface area contributed by atoms with Crippen LogP contribution in [0.5, 0.6) is 0 Å². The first-order valence-electron chi connectivity index (χ1n) is 11.6. The highest BCUT2D eigenvalue weighted by atomic mass is 16.4. The van der Waals surface area contributed by atoms with E-state index in [9.17, 15) is 5.21 Å². The second-order valence-electron chi connectivity index (χ2n) is 10.5. The van der Waals surface area contributed by atoms with Crippen molar-refractivity contribution in [3.63, 3.8) is 0 Å². The molecule has 4 heteroatoms. The summed E-state index contributed by atoms with van der Waals surface area (Å²) in [5.74, 6) is 2.25. The Labute approximate surface area is 178 Å². The molecule has 4 nitrogen and oxygen atoms in total. The summed E-state index contributed by atoms with van der Waals surface area (Å²) >= 11 is 0. The molecule has 4 aliphatic rings. The molecule has 5 atom stereocenters. The van der Waals surface area contributed by atoms with E-state index in [1.807, 2.05) is 6.33 Å². The van der Waals surface area contributed by atoms with Crippen LogP contribution < -0.4 is 0 Å². The van der Waals surface area contributed by atoms with Gasteiger partial charge in [0.2, 0.25) is 0 Å². The summed E-state index contributed by atoms with van der Waals surface area (Å²) in [5, 5.41) is 12.8. The van der Waals surface area contributed by atoms with Gasteiger partial charge < -0.3 is 9.77 Å². The average molecular weight is 402 g/mol. The number of imidazole rings is 1. The summed E-state index contributed by atoms with van der Waals surface area (Å²) in [6.45, 7) is 5.02. The van der Waals surface area contributed by atoms with Gasteiger partial charge in [-0.15, -0.1) is 0 Å². The largest absolute Gasteiger partial charge is 0.411 e. The molecule has 0 spiro atoms. The van der Waals surface area contributed by atoms with Crippen molar-refractivity contribution in [3.05, 3.63) is 48.3 Å². The van der Waals surface area contributed by atoms with Crippen molar-refractivity contribution < 1.29 is 5.21 Å². The van der Waals surface area contributed by atoms with E-state index in [2.05, 4.69) is 65.0 Å². The maximum atomic E-state index is 9.28. The van der Waals surface area contributed by atoms with E-state index in [1.54, 1.807) is 0 Å². The summed E-state index contributed by atoms with van der Waals surface area (Å²) in [6, 6.07) is 8.51. The topological polar surface area (TPSA) is 50.4 Å². The second kappa shape index (κ2) is 6.32. The molecule has 1 aromatic carbocycles. The molecular formula is C26H31N3O. The smallest absolute Gasteiger partial charge is 0.100 e. The zero-order valence-corrected chi connectivity index (χ0v) is 18.0. The number of nitrogens with zero attached hydrogens (tertiary/aromatic N) is 3. The van der Waals surface area contributed by atoms with Gasteiger partial charge in [-0.3, -0.25) is 0 Å². The van der Waals surface area contributed by atoms with Crippen LogP contribution in [0.15, 0.2) is 53.5 Å². The molecule has 2 fully saturated rings. The molecule has 30 heavy (non-hydrogen) atoms. The Morgan fingerprint density at radius 1 is 1.07 bits per heavy atom. The van der Waals surface area contributed by atoms with Crippen LogP contribution in [-0.4, -0.2) is 20.5 Å². The van der Waals surface area contributed by atoms with Gasteiger partial charge in [-0.25, -0.2) is 4.98 Å². The summed E-state index contributed by atoms with van der Waals surface area (Å²) in [5.41, 5.74) is 6.72. The SMILES string of the molecule is C[C@]12CC/C(=N\O)C=C1CCC1C2CC[C@]2(C)C(n3cnc4ccccc43)=CCC12. The number of fused-ring (bicyclic) bond motifs is 6. The van der Waals surface area contributed by atoms with Crippen molar-refractivity contribution in [2.24, 2.45) is 33.7 Å². The van der Waals surface area contributed by atoms with E-state index in [1.165, 1.54) is 42.5 Å². The van der Waals surface area contributed by atoms with E-state index >= 15 is 0 Å². The van der Waals surface area contributed by atoms with Gasteiger partial charge in [-0.1, -0.05) is 42.8 Å². The van der Waals surface area contributed by atoms with Gasteiger partial charge in [0.05, 0.1) is 16.7 Å². The van der Waals surface area contributed by atoms with Crippen molar-refractivity contribution in [1.82, 2.24) is 9.55 Å². The van der Waals surface area contributed by atoms with Crippen molar-refractivity contribution in [2.45, 2.75) is 58.8 Å². The highest BCUT2D eigenvalue weighted by Gasteiger charge is 2.57. The van der Waals surface area contributed by atoms with Crippen LogP contribution in [0.25, 0.3) is 16.7 Å². The normalized spacial score (nSPS) is 39.3. The Balaban J connectivity index is 1.35. The molecule has 0 amide bonds. The number of allylic oxidation sites excluding steroid dienone is 4. The Kier molecular flexibility index (Phi) is 3.88. The predicted molar refractivity (Wildman–Crippen MR) is 120 cm³/mol. The fourth-order valence-electron chi connectivity index (χ4n) is 7.72. The van der Waals surface area contributed by atoms with Crippen LogP contribution in [0.1, 0.15) is 58.8 Å². The van der Waals surface area contributed by atoms with Crippen LogP contribution >= 0.6 is 0 Å². The van der Waals surface area contributed by atoms with Gasteiger partial charge in [-0.05, 0) is 86.3 Å². The van der Waals surface area contributed by atoms with Gasteiger partial charge in [0.1, 0.15) is 6.33 Å². The molecule has 156 valence electrons. The highest BCUT2D eigenvalue weighted by molar-refractivity contribution is 5.96. The first-order valence-corrected chi connectivity index (χ1v) is 11.6. The van der Waals surface area contributed by atoms with Crippen molar-refractivity contribution in [3.8, 4) is 0 Å². The van der Waals surface area contributed by atoms with Gasteiger partial charge in [-0.2, -0.15) is 0 Å². The molecule has 2 aromatic rings. The van der Waals surface area contributed by atoms with Crippen LogP contribution in [0, 0.1) is 28.6 Å². The Morgan fingerprint density at radius 3 is 2.80 bits per heavy atom. The number of oxime groups is 1. The molecule has 1 aromatic heterocycles. The lowest BCUT2D eigenvalue weighted by Gasteiger charge is -2.57. The molecule has 0 radical (unpaired) electrons. The van der Waals surface area contributed by atoms with E-state index < -0.39 is 0 Å². The number of aromatic nitrogens is 2. The van der Waals surface area contributed by atoms with E-state index in [0.717, 1.165) is 48.2 Å². The molecule has 6 rings (SSSR count). The molecule has 4 aliphatic carbocycles. The van der Waals surface area contributed by atoms with Gasteiger partial charge in [0.15, 0.2) is 0 Å². The van der Waals surface area contributed by atoms with Crippen LogP contribution in [-0.2, 0) is 0 Å². The number of para-hydroxylation sites is 2. The molecule has 0 aliphatic heterocycles. The summed E-state index contributed by atoms with van der Waals surface area (Å²) in [4.78, 5) is 4.68. The molecule has 3 unspecified atom stereocenters. The van der Waals surface area contributed by atoms with Crippen molar-refractivity contribution in [1.29, 1.82) is 0 Å². The third-order valence-corrected chi connectivity index (χ3v) is 9.36. The molecule has 0 saturated heterocycles. The molecule has 2 saturated carbocycles. The molecule has 1 N–H and O–H groups in total. The monoisotopic (exact) mass is 401 g/mol. The van der Waals surface area contributed by atoms with Crippen LogP contribution in [0.3, 0.4) is 0 Å². The number of hydrogen-bond acceptors (Lipinski definition) is 3. The van der Waals surface area contributed by atoms with Gasteiger partial charge in [0, 0.05) is 11.1 Å². The number of rotatable bonds is 1. The third kappa shape index (κ3) is 2.34. The van der Waals surface area contributed by atoms with Crippen molar-refractivity contribution >= 4 is 22.4 Å². The second-order valence-corrected chi connectivity index (χ2v) is 10.5. The minimum absolute atomic E-state index is 0.231. The van der Waals surface area contributed by atoms with Crippen molar-refractivity contribution in [2.75, 3.05) is 0 Å². The fraction of sp³-hybridized carbons (Fsp3) is 0.538. The summed E-state index contributed by atoms with van der Waals surface area (Å²) in [7, 11) is 0. The standard InChI is InChI=1S/C26H31N3O/c1-25-13-11-18(28-30)15-17(25)7-8-19-20-9-10-24(26(20,2)14-12-21(19)25)29-16-27-22-5-3-4-6-23(22)29/h3-6,10,15-16,19-21,30H,7-9,11-14H2,1-2H3/b28-18+/t19?,20?,21?,25-,26-/m0/s1. The lowest BCUT2D eigenvalue weighted by molar-refractivity contribution is -0.0203. The minimum atomic E-state index is 0.231. The van der Waals surface area contributed by atoms with E-state index in [4.69, 9.17) is 0 Å². The Morgan fingerprint density at radius 2 is 1.93 bits per heavy atom. The maximum absolute atomic E-state index is 9.28. The van der Waals surface area contributed by atoms with Gasteiger partial charge >= 0.3 is 0 Å². The zero-order chi connectivity index (χ0) is 20.5. The predicted octanol–water partition coefficient (Wildman–Crippen LogP) is 6.28. The van der Waals surface area contributed by atoms with Crippen LogP contribution in [0.2, 0.25) is 0 Å². The average Bonchev–Trinajstić information content (AvgIpc) is 3.33. The maximum Gasteiger partial charge on any atom is 0.100 e. The lowest BCUT2D eigenvalue weighted by Crippen LogP contribution is -2.50. The first kappa shape index (κ1) is 18.4. The van der Waals surface area contributed by atoms with E-state index in [-0.39, 0.29) is 10.8 Å². The van der Waals surface area contributed by atoms with Crippen LogP contribution in [0.4, 0.5) is 0 Å². The number of benzene rings is 1. The quantitative estimate of drug-likeness (QED) is 0.451. The van der Waals surface area contributed by atoms with Gasteiger partial charge in [0.25, 0.3) is 0 Å². The molecular weight excluding hydrogens is 370 g/mol. The fourth-order valence-corrected chi connectivity index (χ4v) is 7.72. The Bertz CT molecular complexity index is 1110. The Hall–Kier alpha value is -2.36. The first-order chi connectivity index (χ1) is 14.5. The molecule has 1 heterocycles.